The fourth-order valence-corrected chi connectivity index (χ4v) is 1.82. The van der Waals surface area contributed by atoms with Gasteiger partial charge < -0.3 is 10.0 Å². The molecule has 1 aromatic rings. The van der Waals surface area contributed by atoms with Crippen LogP contribution in [0, 0.1) is 0 Å². The van der Waals surface area contributed by atoms with Crippen molar-refractivity contribution in [2.75, 3.05) is 6.26 Å². The maximum absolute atomic E-state index is 9.18. The lowest BCUT2D eigenvalue weighted by molar-refractivity contribution is 0.425. The van der Waals surface area contributed by atoms with E-state index in [4.69, 9.17) is 0 Å². The molecule has 0 aliphatic heterocycles. The molecule has 1 rings (SSSR count). The molecule has 0 unspecified atom stereocenters. The van der Waals surface area contributed by atoms with E-state index < -0.39 is 7.12 Å². The lowest BCUT2D eigenvalue weighted by atomic mass is 9.76. The van der Waals surface area contributed by atoms with E-state index in [9.17, 15) is 10.0 Å². The summed E-state index contributed by atoms with van der Waals surface area (Å²) in [5, 5.41) is 18.4. The third kappa shape index (κ3) is 3.26. The lowest BCUT2D eigenvalue weighted by Crippen LogP contribution is -2.31. The van der Waals surface area contributed by atoms with Crippen molar-refractivity contribution in [3.8, 4) is 0 Å². The van der Waals surface area contributed by atoms with Gasteiger partial charge in [0.2, 0.25) is 0 Å². The van der Waals surface area contributed by atoms with Gasteiger partial charge in [0, 0.05) is 4.90 Å². The Labute approximate surface area is 95.9 Å². The Morgan fingerprint density at radius 1 is 1.13 bits per heavy atom. The van der Waals surface area contributed by atoms with E-state index in [1.807, 2.05) is 18.4 Å². The zero-order valence-electron chi connectivity index (χ0n) is 9.61. The molecule has 82 valence electrons. The van der Waals surface area contributed by atoms with E-state index in [0.717, 1.165) is 10.5 Å². The first-order valence-corrected chi connectivity index (χ1v) is 6.12. The molecule has 0 aromatic heterocycles. The monoisotopic (exact) mass is 224 g/mol. The third-order valence-corrected chi connectivity index (χ3v) is 3.04. The van der Waals surface area contributed by atoms with Gasteiger partial charge in [-0.25, -0.2) is 0 Å². The van der Waals surface area contributed by atoms with Gasteiger partial charge in [-0.05, 0) is 34.8 Å². The molecule has 4 heteroatoms. The number of thioether (sulfide) groups is 1. The number of hydrogen-bond donors (Lipinski definition) is 2. The lowest BCUT2D eigenvalue weighted by Gasteiger charge is -2.21. The van der Waals surface area contributed by atoms with Crippen molar-refractivity contribution >= 4 is 24.3 Å². The first-order valence-electron chi connectivity index (χ1n) is 4.90. The van der Waals surface area contributed by atoms with Gasteiger partial charge >= 0.3 is 7.12 Å². The molecular formula is C11H17BO2S. The van der Waals surface area contributed by atoms with Crippen LogP contribution in [0.1, 0.15) is 26.3 Å². The maximum Gasteiger partial charge on any atom is 0.488 e. The van der Waals surface area contributed by atoms with Gasteiger partial charge in [0.25, 0.3) is 0 Å². The third-order valence-electron chi connectivity index (χ3n) is 2.33. The number of rotatable bonds is 2. The fourth-order valence-electron chi connectivity index (χ4n) is 1.32. The largest absolute Gasteiger partial charge is 0.488 e. The maximum atomic E-state index is 9.18. The summed E-state index contributed by atoms with van der Waals surface area (Å²) in [6, 6.07) is 5.76. The standard InChI is InChI=1S/C11H17BO2S/c1-11(2,3)8-5-9(12(13)14)7-10(6-8)15-4/h5-7,13-14H,1-4H3. The molecule has 2 N–H and O–H groups in total. The van der Waals surface area contributed by atoms with Gasteiger partial charge in [-0.2, -0.15) is 0 Å². The van der Waals surface area contributed by atoms with Crippen LogP contribution < -0.4 is 5.46 Å². The van der Waals surface area contributed by atoms with Crippen LogP contribution in [0.2, 0.25) is 0 Å². The smallest absolute Gasteiger partial charge is 0.423 e. The highest BCUT2D eigenvalue weighted by Crippen LogP contribution is 2.25. The quantitative estimate of drug-likeness (QED) is 0.589. The fraction of sp³-hybridized carbons (Fsp3) is 0.455. The molecule has 0 spiro atoms. The molecule has 0 heterocycles. The summed E-state index contributed by atoms with van der Waals surface area (Å²) >= 11 is 1.61. The highest BCUT2D eigenvalue weighted by molar-refractivity contribution is 7.98. The Morgan fingerprint density at radius 2 is 1.73 bits per heavy atom. The van der Waals surface area contributed by atoms with E-state index in [0.29, 0.717) is 5.46 Å². The highest BCUT2D eigenvalue weighted by Gasteiger charge is 2.19. The molecule has 0 saturated carbocycles. The summed E-state index contributed by atoms with van der Waals surface area (Å²) in [4.78, 5) is 1.06. The van der Waals surface area contributed by atoms with Crippen LogP contribution in [0.3, 0.4) is 0 Å². The molecule has 1 aromatic carbocycles. The zero-order chi connectivity index (χ0) is 11.6. The van der Waals surface area contributed by atoms with Crippen LogP contribution in [-0.2, 0) is 5.41 Å². The summed E-state index contributed by atoms with van der Waals surface area (Å²) in [6.07, 6.45) is 1.98. The van der Waals surface area contributed by atoms with Gasteiger partial charge in [-0.1, -0.05) is 26.8 Å². The number of benzene rings is 1. The van der Waals surface area contributed by atoms with Crippen molar-refractivity contribution in [1.29, 1.82) is 0 Å². The first-order chi connectivity index (χ1) is 6.84. The van der Waals surface area contributed by atoms with Crippen molar-refractivity contribution in [3.63, 3.8) is 0 Å². The molecule has 2 nitrogen and oxygen atoms in total. The van der Waals surface area contributed by atoms with Crippen molar-refractivity contribution in [2.24, 2.45) is 0 Å². The zero-order valence-corrected chi connectivity index (χ0v) is 10.4. The summed E-state index contributed by atoms with van der Waals surface area (Å²) < 4.78 is 0. The van der Waals surface area contributed by atoms with Crippen LogP contribution in [0.25, 0.3) is 0 Å². The molecule has 0 saturated heterocycles. The Morgan fingerprint density at radius 3 is 2.13 bits per heavy atom. The molecule has 0 atom stereocenters. The summed E-state index contributed by atoms with van der Waals surface area (Å²) in [7, 11) is -1.39. The van der Waals surface area contributed by atoms with Crippen LogP contribution in [0.4, 0.5) is 0 Å². The van der Waals surface area contributed by atoms with E-state index in [-0.39, 0.29) is 5.41 Å². The second-order valence-electron chi connectivity index (χ2n) is 4.62. The minimum absolute atomic E-state index is 0.0232. The molecular weight excluding hydrogens is 207 g/mol. The topological polar surface area (TPSA) is 40.5 Å². The predicted octanol–water partition coefficient (Wildman–Crippen LogP) is 1.39. The summed E-state index contributed by atoms with van der Waals surface area (Å²) in [5.41, 5.74) is 1.71. The van der Waals surface area contributed by atoms with Crippen LogP contribution in [0.15, 0.2) is 23.1 Å². The van der Waals surface area contributed by atoms with E-state index in [1.54, 1.807) is 11.8 Å². The molecule has 0 amide bonds. The van der Waals surface area contributed by atoms with Gasteiger partial charge in [-0.15, -0.1) is 11.8 Å². The van der Waals surface area contributed by atoms with Crippen molar-refractivity contribution < 1.29 is 10.0 Å². The van der Waals surface area contributed by atoms with Crippen LogP contribution in [-0.4, -0.2) is 23.4 Å². The van der Waals surface area contributed by atoms with Crippen LogP contribution >= 0.6 is 11.8 Å². The molecule has 0 fully saturated rings. The Kier molecular flexibility index (Phi) is 3.87. The molecule has 0 radical (unpaired) electrons. The second-order valence-corrected chi connectivity index (χ2v) is 5.50. The minimum Gasteiger partial charge on any atom is -0.423 e. The first kappa shape index (κ1) is 12.6. The highest BCUT2D eigenvalue weighted by atomic mass is 32.2. The van der Waals surface area contributed by atoms with E-state index in [1.165, 1.54) is 0 Å². The molecule has 0 aliphatic carbocycles. The van der Waals surface area contributed by atoms with E-state index >= 15 is 0 Å². The molecule has 0 aliphatic rings. The van der Waals surface area contributed by atoms with Crippen LogP contribution in [0.5, 0.6) is 0 Å². The average Bonchev–Trinajstić information content (AvgIpc) is 2.15. The SMILES string of the molecule is CSc1cc(B(O)O)cc(C(C)(C)C)c1. The van der Waals surface area contributed by atoms with Gasteiger partial charge in [-0.3, -0.25) is 0 Å². The van der Waals surface area contributed by atoms with Crippen molar-refractivity contribution in [2.45, 2.75) is 31.1 Å². The summed E-state index contributed by atoms with van der Waals surface area (Å²) in [6.45, 7) is 6.33. The van der Waals surface area contributed by atoms with Gasteiger partial charge in [0.15, 0.2) is 0 Å². The van der Waals surface area contributed by atoms with Gasteiger partial charge in [0.1, 0.15) is 0 Å². The molecule has 15 heavy (non-hydrogen) atoms. The normalized spacial score (nSPS) is 11.6. The predicted molar refractivity (Wildman–Crippen MR) is 66.7 cm³/mol. The number of hydrogen-bond acceptors (Lipinski definition) is 3. The molecule has 0 bridgehead atoms. The Balaban J connectivity index is 3.23. The Hall–Kier alpha value is -0.445. The van der Waals surface area contributed by atoms with Crippen molar-refractivity contribution in [1.82, 2.24) is 0 Å². The Bertz CT molecular complexity index is 345. The summed E-state index contributed by atoms with van der Waals surface area (Å²) in [5.74, 6) is 0. The van der Waals surface area contributed by atoms with Crippen molar-refractivity contribution in [3.05, 3.63) is 23.8 Å². The minimum atomic E-state index is -1.39. The van der Waals surface area contributed by atoms with Gasteiger partial charge in [0.05, 0.1) is 0 Å². The second kappa shape index (κ2) is 4.60. The van der Waals surface area contributed by atoms with E-state index in [2.05, 4.69) is 26.8 Å². The average molecular weight is 224 g/mol.